The summed E-state index contributed by atoms with van der Waals surface area (Å²) in [4.78, 5) is 30.3. The van der Waals surface area contributed by atoms with Gasteiger partial charge in [-0.2, -0.15) is 0 Å². The molecule has 1 aliphatic carbocycles. The largest absolute Gasteiger partial charge is 0.497 e. The predicted octanol–water partition coefficient (Wildman–Crippen LogP) is 5.23. The third kappa shape index (κ3) is 7.02. The van der Waals surface area contributed by atoms with E-state index in [-0.39, 0.29) is 24.2 Å². The Kier molecular flexibility index (Phi) is 9.01. The summed E-state index contributed by atoms with van der Waals surface area (Å²) in [7, 11) is 1.63. The number of nitrogens with one attached hydrogen (secondary N) is 1. The van der Waals surface area contributed by atoms with Crippen molar-refractivity contribution in [2.75, 3.05) is 43.5 Å². The van der Waals surface area contributed by atoms with E-state index in [1.54, 1.807) is 7.11 Å². The molecule has 1 saturated carbocycles. The van der Waals surface area contributed by atoms with Crippen LogP contribution in [0.4, 0.5) is 11.4 Å². The van der Waals surface area contributed by atoms with E-state index in [9.17, 15) is 9.59 Å². The molecular weight excluding hydrogens is 500 g/mol. The van der Waals surface area contributed by atoms with Crippen LogP contribution in [-0.4, -0.2) is 50.0 Å². The molecule has 0 atom stereocenters. The number of nitrogens with zero attached hydrogens (tertiary/aromatic N) is 2. The topological polar surface area (TPSA) is 87.9 Å². The van der Waals surface area contributed by atoms with Crippen LogP contribution in [0.25, 0.3) is 11.1 Å². The number of anilines is 2. The molecule has 0 unspecified atom stereocenters. The van der Waals surface area contributed by atoms with Crippen LogP contribution in [0.5, 0.6) is 5.75 Å². The van der Waals surface area contributed by atoms with Crippen molar-refractivity contribution < 1.29 is 14.3 Å². The molecule has 7 nitrogen and oxygen atoms in total. The van der Waals surface area contributed by atoms with Crippen molar-refractivity contribution in [2.45, 2.75) is 45.1 Å². The van der Waals surface area contributed by atoms with E-state index in [0.717, 1.165) is 84.6 Å². The zero-order valence-corrected chi connectivity index (χ0v) is 23.4. The highest BCUT2D eigenvalue weighted by Gasteiger charge is 2.33. The first-order valence-electron chi connectivity index (χ1n) is 14.4. The van der Waals surface area contributed by atoms with Crippen LogP contribution in [0.15, 0.2) is 66.7 Å². The third-order valence-electron chi connectivity index (χ3n) is 7.75. The van der Waals surface area contributed by atoms with Gasteiger partial charge in [-0.15, -0.1) is 0 Å². The van der Waals surface area contributed by atoms with Gasteiger partial charge in [-0.05, 0) is 91.2 Å². The number of hydrogen-bond acceptors (Lipinski definition) is 5. The van der Waals surface area contributed by atoms with Crippen LogP contribution in [0.3, 0.4) is 0 Å². The summed E-state index contributed by atoms with van der Waals surface area (Å²) in [6.45, 7) is 3.82. The zero-order chi connectivity index (χ0) is 27.9. The fourth-order valence-corrected chi connectivity index (χ4v) is 5.38. The highest BCUT2D eigenvalue weighted by Crippen LogP contribution is 2.35. The SMILES string of the molecule is COc1ccc(CC(=O)Nc2cc(-c3cccc(CN(CCCN)C(=O)C4CC4)c3)ccc2N2CCCC2)cc1. The summed E-state index contributed by atoms with van der Waals surface area (Å²) in [5.41, 5.74) is 11.8. The first kappa shape index (κ1) is 27.7. The number of ether oxygens (including phenoxy) is 1. The maximum Gasteiger partial charge on any atom is 0.228 e. The molecule has 0 bridgehead atoms. The summed E-state index contributed by atoms with van der Waals surface area (Å²) in [6, 6.07) is 22.3. The molecule has 5 rings (SSSR count). The molecule has 2 aliphatic rings. The Balaban J connectivity index is 1.36. The summed E-state index contributed by atoms with van der Waals surface area (Å²) in [6.07, 6.45) is 5.39. The maximum atomic E-state index is 13.1. The van der Waals surface area contributed by atoms with E-state index >= 15 is 0 Å². The molecule has 0 spiro atoms. The minimum atomic E-state index is -0.0503. The van der Waals surface area contributed by atoms with Crippen molar-refractivity contribution in [2.24, 2.45) is 11.7 Å². The Morgan fingerprint density at radius 1 is 0.975 bits per heavy atom. The smallest absolute Gasteiger partial charge is 0.228 e. The summed E-state index contributed by atoms with van der Waals surface area (Å²) >= 11 is 0. The first-order valence-corrected chi connectivity index (χ1v) is 14.4. The monoisotopic (exact) mass is 540 g/mol. The molecule has 2 fully saturated rings. The predicted molar refractivity (Wildman–Crippen MR) is 160 cm³/mol. The van der Waals surface area contributed by atoms with Crippen molar-refractivity contribution in [3.05, 3.63) is 77.9 Å². The second-order valence-corrected chi connectivity index (χ2v) is 10.9. The van der Waals surface area contributed by atoms with Gasteiger partial charge in [0.05, 0.1) is 24.9 Å². The molecule has 0 aromatic heterocycles. The summed E-state index contributed by atoms with van der Waals surface area (Å²) in [5, 5.41) is 3.20. The maximum absolute atomic E-state index is 13.1. The zero-order valence-electron chi connectivity index (χ0n) is 23.4. The van der Waals surface area contributed by atoms with E-state index in [2.05, 4.69) is 46.6 Å². The van der Waals surface area contributed by atoms with Gasteiger partial charge in [0.2, 0.25) is 11.8 Å². The normalized spacial score (nSPS) is 14.7. The average molecular weight is 541 g/mol. The lowest BCUT2D eigenvalue weighted by atomic mass is 10.0. The lowest BCUT2D eigenvalue weighted by molar-refractivity contribution is -0.133. The highest BCUT2D eigenvalue weighted by molar-refractivity contribution is 5.96. The van der Waals surface area contributed by atoms with E-state index in [1.807, 2.05) is 35.2 Å². The second-order valence-electron chi connectivity index (χ2n) is 10.9. The number of amides is 2. The Hall–Kier alpha value is -3.84. The summed E-state index contributed by atoms with van der Waals surface area (Å²) < 4.78 is 5.24. The van der Waals surface area contributed by atoms with E-state index < -0.39 is 0 Å². The highest BCUT2D eigenvalue weighted by atomic mass is 16.5. The number of nitrogens with two attached hydrogens (primary N) is 1. The molecule has 7 heteroatoms. The third-order valence-corrected chi connectivity index (χ3v) is 7.75. The van der Waals surface area contributed by atoms with E-state index in [1.165, 1.54) is 0 Å². The van der Waals surface area contributed by atoms with Gasteiger partial charge < -0.3 is 25.6 Å². The van der Waals surface area contributed by atoms with Crippen molar-refractivity contribution in [3.8, 4) is 16.9 Å². The van der Waals surface area contributed by atoms with Crippen LogP contribution in [0.2, 0.25) is 0 Å². The standard InChI is InChI=1S/C33H40N4O3/c1-40-29-13-8-24(9-14-29)21-32(38)35-30-22-28(12-15-31(30)36-17-2-3-18-36)27-7-4-6-25(20-27)23-37(19-5-16-34)33(39)26-10-11-26/h4,6-9,12-15,20,22,26H,2-3,5,10-11,16-19,21,23,34H2,1H3,(H,35,38). The van der Waals surface area contributed by atoms with Gasteiger partial charge in [-0.25, -0.2) is 0 Å². The van der Waals surface area contributed by atoms with Crippen molar-refractivity contribution in [1.29, 1.82) is 0 Å². The summed E-state index contributed by atoms with van der Waals surface area (Å²) in [5.74, 6) is 1.15. The molecule has 2 amide bonds. The minimum absolute atomic E-state index is 0.0503. The van der Waals surface area contributed by atoms with Crippen LogP contribution in [0.1, 0.15) is 43.2 Å². The van der Waals surface area contributed by atoms with Gasteiger partial charge in [0.15, 0.2) is 0 Å². The molecule has 3 aromatic carbocycles. The lowest BCUT2D eigenvalue weighted by Crippen LogP contribution is -2.33. The quantitative estimate of drug-likeness (QED) is 0.328. The number of carbonyl (C=O) groups is 2. The van der Waals surface area contributed by atoms with Gasteiger partial charge in [0.25, 0.3) is 0 Å². The fourth-order valence-electron chi connectivity index (χ4n) is 5.38. The van der Waals surface area contributed by atoms with Crippen LogP contribution in [0, 0.1) is 5.92 Å². The van der Waals surface area contributed by atoms with Crippen LogP contribution in [-0.2, 0) is 22.6 Å². The molecule has 0 radical (unpaired) electrons. The first-order chi connectivity index (χ1) is 19.5. The number of benzene rings is 3. The van der Waals surface area contributed by atoms with Gasteiger partial charge in [0, 0.05) is 32.1 Å². The van der Waals surface area contributed by atoms with Gasteiger partial charge in [-0.1, -0.05) is 36.4 Å². The molecule has 40 heavy (non-hydrogen) atoms. The van der Waals surface area contributed by atoms with E-state index in [0.29, 0.717) is 19.6 Å². The van der Waals surface area contributed by atoms with Crippen molar-refractivity contribution in [1.82, 2.24) is 4.90 Å². The Morgan fingerprint density at radius 3 is 2.42 bits per heavy atom. The number of hydrogen-bond donors (Lipinski definition) is 2. The van der Waals surface area contributed by atoms with Crippen LogP contribution < -0.4 is 20.7 Å². The van der Waals surface area contributed by atoms with Gasteiger partial charge in [0.1, 0.15) is 5.75 Å². The van der Waals surface area contributed by atoms with Crippen LogP contribution >= 0.6 is 0 Å². The lowest BCUT2D eigenvalue weighted by Gasteiger charge is -2.24. The molecule has 1 saturated heterocycles. The van der Waals surface area contributed by atoms with Gasteiger partial charge in [-0.3, -0.25) is 9.59 Å². The Bertz CT molecular complexity index is 1310. The number of rotatable bonds is 12. The number of methoxy groups -OCH3 is 1. The Morgan fingerprint density at radius 2 is 1.73 bits per heavy atom. The Labute approximate surface area is 237 Å². The van der Waals surface area contributed by atoms with Crippen molar-refractivity contribution in [3.63, 3.8) is 0 Å². The molecule has 1 heterocycles. The van der Waals surface area contributed by atoms with E-state index in [4.69, 9.17) is 10.5 Å². The molecule has 210 valence electrons. The molecule has 3 aromatic rings. The molecule has 3 N–H and O–H groups in total. The van der Waals surface area contributed by atoms with Crippen molar-refractivity contribution >= 4 is 23.2 Å². The number of carbonyl (C=O) groups excluding carboxylic acids is 2. The minimum Gasteiger partial charge on any atom is -0.497 e. The second kappa shape index (κ2) is 13.0. The molecular formula is C33H40N4O3. The van der Waals surface area contributed by atoms with Gasteiger partial charge >= 0.3 is 0 Å². The fraction of sp³-hybridized carbons (Fsp3) is 0.394. The molecule has 1 aliphatic heterocycles. The average Bonchev–Trinajstić information content (AvgIpc) is 3.69.